The van der Waals surface area contributed by atoms with Crippen LogP contribution in [-0.2, 0) is 22.5 Å². The van der Waals surface area contributed by atoms with E-state index in [2.05, 4.69) is 25.6 Å². The van der Waals surface area contributed by atoms with Crippen molar-refractivity contribution in [2.45, 2.75) is 57.8 Å². The van der Waals surface area contributed by atoms with Gasteiger partial charge in [-0.05, 0) is 43.4 Å². The molecule has 2 aromatic heterocycles. The third-order valence-corrected chi connectivity index (χ3v) is 7.74. The number of nitrogens with one attached hydrogen (secondary N) is 2. The number of pyridine rings is 1. The Kier molecular flexibility index (Phi) is 8.58. The number of aliphatic hydroxyl groups excluding tert-OH is 1. The van der Waals surface area contributed by atoms with Gasteiger partial charge in [0.15, 0.2) is 0 Å². The van der Waals surface area contributed by atoms with Crippen molar-refractivity contribution in [2.75, 3.05) is 25.1 Å². The molecule has 210 valence electrons. The number of nitrogens with zero attached hydrogens (tertiary/aromatic N) is 4. The maximum Gasteiger partial charge on any atom is 0.256 e. The van der Waals surface area contributed by atoms with Crippen LogP contribution >= 0.6 is 11.6 Å². The molecule has 4 heterocycles. The quantitative estimate of drug-likeness (QED) is 0.360. The molecule has 0 spiro atoms. The van der Waals surface area contributed by atoms with E-state index in [1.165, 1.54) is 11.1 Å². The zero-order valence-corrected chi connectivity index (χ0v) is 23.3. The lowest BCUT2D eigenvalue weighted by molar-refractivity contribution is -0.126. The van der Waals surface area contributed by atoms with Crippen LogP contribution < -0.4 is 10.6 Å². The summed E-state index contributed by atoms with van der Waals surface area (Å²) in [7, 11) is 0. The summed E-state index contributed by atoms with van der Waals surface area (Å²) >= 11 is 6.44. The Hall–Kier alpha value is -3.60. The number of hydrogen-bond donors (Lipinski definition) is 3. The van der Waals surface area contributed by atoms with Crippen LogP contribution in [0.4, 0.5) is 5.95 Å². The van der Waals surface area contributed by atoms with Crippen molar-refractivity contribution in [3.05, 3.63) is 70.1 Å². The second kappa shape index (κ2) is 12.3. The maximum absolute atomic E-state index is 13.4. The van der Waals surface area contributed by atoms with E-state index in [9.17, 15) is 14.7 Å². The van der Waals surface area contributed by atoms with Crippen LogP contribution in [0.2, 0.25) is 5.02 Å². The third kappa shape index (κ3) is 5.94. The molecule has 2 amide bonds. The highest BCUT2D eigenvalue weighted by molar-refractivity contribution is 6.33. The van der Waals surface area contributed by atoms with E-state index < -0.39 is 12.1 Å². The van der Waals surface area contributed by atoms with Crippen LogP contribution in [0.3, 0.4) is 0 Å². The lowest BCUT2D eigenvalue weighted by Gasteiger charge is -2.26. The number of amides is 2. The van der Waals surface area contributed by atoms with E-state index in [0.29, 0.717) is 46.7 Å². The van der Waals surface area contributed by atoms with Gasteiger partial charge in [0.2, 0.25) is 11.9 Å². The number of carbonyl (C=O) groups is 2. The molecule has 1 fully saturated rings. The summed E-state index contributed by atoms with van der Waals surface area (Å²) < 4.78 is 5.41. The monoisotopic (exact) mass is 564 g/mol. The van der Waals surface area contributed by atoms with Crippen LogP contribution in [0.5, 0.6) is 0 Å². The molecule has 2 aliphatic rings. The second-order valence-electron chi connectivity index (χ2n) is 10.1. The molecule has 0 unspecified atom stereocenters. The van der Waals surface area contributed by atoms with Crippen LogP contribution in [0.15, 0.2) is 42.7 Å². The summed E-state index contributed by atoms with van der Waals surface area (Å²) in [5, 5.41) is 16.5. The molecule has 11 heteroatoms. The first-order chi connectivity index (χ1) is 19.4. The van der Waals surface area contributed by atoms with Crippen LogP contribution in [0.25, 0.3) is 11.3 Å². The summed E-state index contributed by atoms with van der Waals surface area (Å²) in [5.74, 6) is -0.204. The van der Waals surface area contributed by atoms with Gasteiger partial charge in [0.1, 0.15) is 6.04 Å². The number of aromatic nitrogens is 3. The minimum atomic E-state index is -0.772. The fraction of sp³-hybridized carbons (Fsp3) is 0.414. The van der Waals surface area contributed by atoms with Gasteiger partial charge in [-0.3, -0.25) is 14.6 Å². The number of halogens is 1. The Morgan fingerprint density at radius 3 is 2.77 bits per heavy atom. The number of benzene rings is 1. The minimum Gasteiger partial charge on any atom is -0.394 e. The third-order valence-electron chi connectivity index (χ3n) is 7.46. The Bertz CT molecular complexity index is 1400. The summed E-state index contributed by atoms with van der Waals surface area (Å²) in [6.45, 7) is 5.04. The maximum atomic E-state index is 13.4. The molecular weight excluding hydrogens is 532 g/mol. The van der Waals surface area contributed by atoms with Gasteiger partial charge < -0.3 is 25.4 Å². The summed E-state index contributed by atoms with van der Waals surface area (Å²) in [6.07, 6.45) is 5.74. The van der Waals surface area contributed by atoms with Gasteiger partial charge in [0.05, 0.1) is 47.4 Å². The van der Waals surface area contributed by atoms with Crippen molar-refractivity contribution in [1.82, 2.24) is 25.2 Å². The molecule has 5 rings (SSSR count). The minimum absolute atomic E-state index is 0.201. The highest BCUT2D eigenvalue weighted by Gasteiger charge is 2.36. The zero-order chi connectivity index (χ0) is 28.2. The first-order valence-electron chi connectivity index (χ1n) is 13.5. The number of fused-ring (bicyclic) bond motifs is 1. The normalized spacial score (nSPS) is 16.9. The van der Waals surface area contributed by atoms with Gasteiger partial charge in [-0.15, -0.1) is 0 Å². The highest BCUT2D eigenvalue weighted by atomic mass is 35.5. The number of aryl methyl sites for hydroxylation is 1. The van der Waals surface area contributed by atoms with Gasteiger partial charge in [-0.2, -0.15) is 0 Å². The molecule has 0 radical (unpaired) electrons. The topological polar surface area (TPSA) is 130 Å². The zero-order valence-electron chi connectivity index (χ0n) is 22.6. The molecule has 10 nitrogen and oxygen atoms in total. The smallest absolute Gasteiger partial charge is 0.256 e. The molecule has 1 aromatic carbocycles. The van der Waals surface area contributed by atoms with Gasteiger partial charge in [-0.25, -0.2) is 9.97 Å². The molecule has 3 aromatic rings. The average Bonchev–Trinajstić information content (AvgIpc) is 3.32. The molecule has 1 saturated heterocycles. The van der Waals surface area contributed by atoms with Crippen molar-refractivity contribution >= 4 is 29.4 Å². The lowest BCUT2D eigenvalue weighted by Crippen LogP contribution is -2.46. The van der Waals surface area contributed by atoms with E-state index in [0.717, 1.165) is 30.4 Å². The SMILES string of the molecule is CCc1cccc([C@@H](CO)NC(=O)[C@@H](C)N2Cc3ncc(-c4nc(NC5CCOCC5)ncc4Cl)cc3C2=O)c1. The number of hydrogen-bond acceptors (Lipinski definition) is 8. The number of carbonyl (C=O) groups excluding carboxylic acids is 2. The predicted molar refractivity (Wildman–Crippen MR) is 151 cm³/mol. The van der Waals surface area contributed by atoms with Gasteiger partial charge in [-0.1, -0.05) is 42.8 Å². The van der Waals surface area contributed by atoms with E-state index in [1.54, 1.807) is 19.2 Å². The van der Waals surface area contributed by atoms with E-state index in [4.69, 9.17) is 16.3 Å². The average molecular weight is 565 g/mol. The molecule has 0 aliphatic carbocycles. The molecular formula is C29H33ClN6O4. The molecule has 40 heavy (non-hydrogen) atoms. The van der Waals surface area contributed by atoms with E-state index >= 15 is 0 Å². The van der Waals surface area contributed by atoms with Crippen molar-refractivity contribution in [3.63, 3.8) is 0 Å². The Labute approximate surface area is 238 Å². The Morgan fingerprint density at radius 1 is 1.23 bits per heavy atom. The van der Waals surface area contributed by atoms with Crippen LogP contribution in [0, 0.1) is 0 Å². The molecule has 3 N–H and O–H groups in total. The molecule has 0 bridgehead atoms. The van der Waals surface area contributed by atoms with E-state index in [1.807, 2.05) is 31.2 Å². The van der Waals surface area contributed by atoms with Crippen LogP contribution in [-0.4, -0.2) is 68.7 Å². The fourth-order valence-electron chi connectivity index (χ4n) is 5.00. The number of rotatable bonds is 9. The van der Waals surface area contributed by atoms with Crippen molar-refractivity contribution in [1.29, 1.82) is 0 Å². The highest BCUT2D eigenvalue weighted by Crippen LogP contribution is 2.31. The Morgan fingerprint density at radius 2 is 2.02 bits per heavy atom. The standard InChI is InChI=1S/C29H33ClN6O4/c1-3-18-5-4-6-19(11-18)25(16-37)34-27(38)17(2)36-15-24-22(28(36)39)12-20(13-31-24)26-23(30)14-32-29(35-26)33-21-7-9-40-10-8-21/h4-6,11-14,17,21,25,37H,3,7-10,15-16H2,1-2H3,(H,34,38)(H,32,33,35)/t17-,25-/m1/s1. The summed E-state index contributed by atoms with van der Waals surface area (Å²) in [4.78, 5) is 41.5. The molecule has 2 aliphatic heterocycles. The predicted octanol–water partition coefficient (Wildman–Crippen LogP) is 3.54. The summed E-state index contributed by atoms with van der Waals surface area (Å²) in [6, 6.07) is 8.33. The van der Waals surface area contributed by atoms with Gasteiger partial charge in [0.25, 0.3) is 5.91 Å². The van der Waals surface area contributed by atoms with E-state index in [-0.39, 0.29) is 31.0 Å². The number of ether oxygens (including phenoxy) is 1. The number of anilines is 1. The van der Waals surface area contributed by atoms with Crippen LogP contribution in [0.1, 0.15) is 59.9 Å². The lowest BCUT2D eigenvalue weighted by atomic mass is 10.0. The van der Waals surface area contributed by atoms with Crippen molar-refractivity contribution in [2.24, 2.45) is 0 Å². The fourth-order valence-corrected chi connectivity index (χ4v) is 5.20. The number of aliphatic hydroxyl groups is 1. The van der Waals surface area contributed by atoms with Crippen molar-refractivity contribution < 1.29 is 19.4 Å². The van der Waals surface area contributed by atoms with Gasteiger partial charge >= 0.3 is 0 Å². The molecule has 2 atom stereocenters. The largest absolute Gasteiger partial charge is 0.394 e. The van der Waals surface area contributed by atoms with Gasteiger partial charge in [0, 0.05) is 31.0 Å². The first kappa shape index (κ1) is 27.9. The first-order valence-corrected chi connectivity index (χ1v) is 13.9. The second-order valence-corrected chi connectivity index (χ2v) is 10.5. The summed E-state index contributed by atoms with van der Waals surface area (Å²) in [5.41, 5.74) is 3.97. The Balaban J connectivity index is 1.30. The molecule has 0 saturated carbocycles. The van der Waals surface area contributed by atoms with Crippen molar-refractivity contribution in [3.8, 4) is 11.3 Å².